The molecule has 1 heterocycles. The molecule has 14 heavy (non-hydrogen) atoms. The molecule has 1 rings (SSSR count). The largest absolute Gasteiger partial charge is 0.497 e. The molecule has 0 amide bonds. The monoisotopic (exact) mass is 193 g/mol. The van der Waals surface area contributed by atoms with Gasteiger partial charge in [-0.05, 0) is 6.07 Å². The lowest BCUT2D eigenvalue weighted by molar-refractivity contribution is -0.133. The van der Waals surface area contributed by atoms with Crippen LogP contribution in [0.15, 0.2) is 24.9 Å². The van der Waals surface area contributed by atoms with Gasteiger partial charge in [-0.2, -0.15) is 0 Å². The van der Waals surface area contributed by atoms with Crippen molar-refractivity contribution in [1.29, 1.82) is 0 Å². The van der Waals surface area contributed by atoms with E-state index in [2.05, 4.69) is 16.3 Å². The first-order chi connectivity index (χ1) is 6.69. The smallest absolute Gasteiger partial charge is 0.339 e. The summed E-state index contributed by atoms with van der Waals surface area (Å²) in [6.45, 7) is 3.58. The van der Waals surface area contributed by atoms with Crippen LogP contribution in [-0.2, 0) is 9.53 Å². The minimum Gasteiger partial charge on any atom is -0.497 e. The molecule has 0 unspecified atom stereocenters. The van der Waals surface area contributed by atoms with E-state index in [0.29, 0.717) is 11.4 Å². The van der Waals surface area contributed by atoms with Crippen LogP contribution in [0.2, 0.25) is 0 Å². The van der Waals surface area contributed by atoms with Crippen LogP contribution < -0.4 is 4.74 Å². The lowest BCUT2D eigenvalue weighted by Gasteiger charge is -2.04. The van der Waals surface area contributed by atoms with Crippen molar-refractivity contribution in [3.63, 3.8) is 0 Å². The molecule has 0 spiro atoms. The average molecular weight is 193 g/mol. The Balaban J connectivity index is 2.95. The number of ether oxygens (including phenoxy) is 2. The van der Waals surface area contributed by atoms with Crippen LogP contribution in [0.1, 0.15) is 5.69 Å². The zero-order valence-electron chi connectivity index (χ0n) is 8.11. The zero-order valence-corrected chi connectivity index (χ0v) is 8.11. The summed E-state index contributed by atoms with van der Waals surface area (Å²) in [5.74, 6) is 0.130. The van der Waals surface area contributed by atoms with Gasteiger partial charge in [-0.1, -0.05) is 6.58 Å². The van der Waals surface area contributed by atoms with Crippen molar-refractivity contribution in [3.8, 4) is 5.75 Å². The van der Waals surface area contributed by atoms with Gasteiger partial charge in [0.25, 0.3) is 0 Å². The van der Waals surface area contributed by atoms with Gasteiger partial charge in [-0.25, -0.2) is 4.79 Å². The fourth-order valence-corrected chi connectivity index (χ4v) is 0.931. The summed E-state index contributed by atoms with van der Waals surface area (Å²) < 4.78 is 9.51. The van der Waals surface area contributed by atoms with Crippen LogP contribution in [0.4, 0.5) is 0 Å². The second-order valence-electron chi connectivity index (χ2n) is 2.55. The third kappa shape index (κ3) is 2.10. The highest BCUT2D eigenvalue weighted by molar-refractivity contribution is 6.14. The number of aromatic nitrogens is 1. The van der Waals surface area contributed by atoms with Gasteiger partial charge < -0.3 is 9.47 Å². The number of methoxy groups -OCH3 is 2. The predicted octanol–water partition coefficient (Wildman–Crippen LogP) is 1.28. The van der Waals surface area contributed by atoms with E-state index in [9.17, 15) is 4.79 Å². The van der Waals surface area contributed by atoms with Crippen molar-refractivity contribution in [1.82, 2.24) is 4.98 Å². The molecule has 0 saturated carbocycles. The van der Waals surface area contributed by atoms with Gasteiger partial charge in [0.05, 0.1) is 25.5 Å². The van der Waals surface area contributed by atoms with Gasteiger partial charge in [-0.3, -0.25) is 4.98 Å². The molecule has 0 aliphatic heterocycles. The van der Waals surface area contributed by atoms with Gasteiger partial charge in [0.2, 0.25) is 0 Å². The summed E-state index contributed by atoms with van der Waals surface area (Å²) in [4.78, 5) is 15.1. The summed E-state index contributed by atoms with van der Waals surface area (Å²) >= 11 is 0. The first-order valence-electron chi connectivity index (χ1n) is 3.96. The second-order valence-corrected chi connectivity index (χ2v) is 2.55. The standard InChI is InChI=1S/C10H11NO3/c1-7(10(12)14-3)9-6-8(13-2)4-5-11-9/h4-6H,1H2,2-3H3. The minimum absolute atomic E-state index is 0.214. The maximum atomic E-state index is 11.1. The quantitative estimate of drug-likeness (QED) is 0.536. The van der Waals surface area contributed by atoms with Crippen LogP contribution in [0, 0.1) is 0 Å². The lowest BCUT2D eigenvalue weighted by atomic mass is 10.2. The van der Waals surface area contributed by atoms with Crippen molar-refractivity contribution >= 4 is 11.5 Å². The SMILES string of the molecule is C=C(C(=O)OC)c1cc(OC)ccn1. The molecular formula is C10H11NO3. The van der Waals surface area contributed by atoms with Gasteiger partial charge in [0.1, 0.15) is 5.75 Å². The van der Waals surface area contributed by atoms with Crippen molar-refractivity contribution in [2.45, 2.75) is 0 Å². The summed E-state index contributed by atoms with van der Waals surface area (Å²) in [6, 6.07) is 3.31. The number of carbonyl (C=O) groups is 1. The van der Waals surface area contributed by atoms with Crippen LogP contribution in [-0.4, -0.2) is 25.2 Å². The predicted molar refractivity (Wildman–Crippen MR) is 51.8 cm³/mol. The van der Waals surface area contributed by atoms with Crippen LogP contribution in [0.5, 0.6) is 5.75 Å². The number of pyridine rings is 1. The van der Waals surface area contributed by atoms with E-state index >= 15 is 0 Å². The van der Waals surface area contributed by atoms with E-state index in [1.54, 1.807) is 25.4 Å². The molecule has 0 N–H and O–H groups in total. The minimum atomic E-state index is -0.495. The van der Waals surface area contributed by atoms with E-state index in [4.69, 9.17) is 4.74 Å². The highest BCUT2D eigenvalue weighted by atomic mass is 16.5. The molecule has 4 heteroatoms. The number of hydrogen-bond donors (Lipinski definition) is 0. The molecule has 74 valence electrons. The maximum Gasteiger partial charge on any atom is 0.339 e. The summed E-state index contributed by atoms with van der Waals surface area (Å²) in [5, 5.41) is 0. The number of rotatable bonds is 3. The van der Waals surface area contributed by atoms with Crippen LogP contribution >= 0.6 is 0 Å². The van der Waals surface area contributed by atoms with Crippen molar-refractivity contribution < 1.29 is 14.3 Å². The second kappa shape index (κ2) is 4.41. The first-order valence-corrected chi connectivity index (χ1v) is 3.96. The zero-order chi connectivity index (χ0) is 10.6. The molecule has 0 saturated heterocycles. The Bertz CT molecular complexity index is 360. The van der Waals surface area contributed by atoms with E-state index < -0.39 is 5.97 Å². The summed E-state index contributed by atoms with van der Waals surface area (Å²) in [5.41, 5.74) is 0.669. The number of carbonyl (C=O) groups excluding carboxylic acids is 1. The topological polar surface area (TPSA) is 48.4 Å². The third-order valence-electron chi connectivity index (χ3n) is 1.71. The Morgan fingerprint density at radius 3 is 2.79 bits per heavy atom. The fourth-order valence-electron chi connectivity index (χ4n) is 0.931. The van der Waals surface area contributed by atoms with E-state index in [1.165, 1.54) is 7.11 Å². The summed E-state index contributed by atoms with van der Waals surface area (Å²) in [6.07, 6.45) is 1.54. The van der Waals surface area contributed by atoms with E-state index in [-0.39, 0.29) is 5.57 Å². The third-order valence-corrected chi connectivity index (χ3v) is 1.71. The molecule has 0 bridgehead atoms. The number of hydrogen-bond acceptors (Lipinski definition) is 4. The summed E-state index contributed by atoms with van der Waals surface area (Å²) in [7, 11) is 2.84. The van der Waals surface area contributed by atoms with Gasteiger partial charge in [0, 0.05) is 12.3 Å². The molecular weight excluding hydrogens is 182 g/mol. The Morgan fingerprint density at radius 1 is 1.50 bits per heavy atom. The number of nitrogens with zero attached hydrogens (tertiary/aromatic N) is 1. The van der Waals surface area contributed by atoms with Gasteiger partial charge in [0.15, 0.2) is 0 Å². The maximum absolute atomic E-state index is 11.1. The Labute approximate surface area is 82.2 Å². The van der Waals surface area contributed by atoms with E-state index in [0.717, 1.165) is 0 Å². The van der Waals surface area contributed by atoms with Crippen LogP contribution in [0.3, 0.4) is 0 Å². The number of esters is 1. The highest BCUT2D eigenvalue weighted by Crippen LogP contribution is 2.16. The van der Waals surface area contributed by atoms with Gasteiger partial charge >= 0.3 is 5.97 Å². The first kappa shape index (κ1) is 10.2. The normalized spacial score (nSPS) is 9.29. The van der Waals surface area contributed by atoms with Crippen molar-refractivity contribution in [2.75, 3.05) is 14.2 Å². The molecule has 4 nitrogen and oxygen atoms in total. The molecule has 0 aliphatic carbocycles. The molecule has 0 aliphatic rings. The molecule has 0 atom stereocenters. The van der Waals surface area contributed by atoms with Crippen molar-refractivity contribution in [3.05, 3.63) is 30.6 Å². The molecule has 1 aromatic heterocycles. The molecule has 1 aromatic rings. The van der Waals surface area contributed by atoms with E-state index in [1.807, 2.05) is 0 Å². The Kier molecular flexibility index (Phi) is 3.23. The van der Waals surface area contributed by atoms with Crippen LogP contribution in [0.25, 0.3) is 5.57 Å². The highest BCUT2D eigenvalue weighted by Gasteiger charge is 2.10. The molecule has 0 radical (unpaired) electrons. The Morgan fingerprint density at radius 2 is 2.21 bits per heavy atom. The van der Waals surface area contributed by atoms with Gasteiger partial charge in [-0.15, -0.1) is 0 Å². The fraction of sp³-hybridized carbons (Fsp3) is 0.200. The average Bonchev–Trinajstić information content (AvgIpc) is 2.27. The lowest BCUT2D eigenvalue weighted by Crippen LogP contribution is -2.04. The van der Waals surface area contributed by atoms with Crippen molar-refractivity contribution in [2.24, 2.45) is 0 Å². The molecule has 0 aromatic carbocycles. The molecule has 0 fully saturated rings. The Hall–Kier alpha value is -1.84.